The first-order valence-corrected chi connectivity index (χ1v) is 6.62. The number of carboxylic acids is 1. The summed E-state index contributed by atoms with van der Waals surface area (Å²) < 4.78 is 5.33. The second kappa shape index (κ2) is 5.57. The summed E-state index contributed by atoms with van der Waals surface area (Å²) in [5, 5.41) is 12.4. The molecule has 1 aromatic heterocycles. The minimum absolute atomic E-state index is 0.0593. The maximum absolute atomic E-state index is 10.9. The van der Waals surface area contributed by atoms with Gasteiger partial charge >= 0.3 is 5.97 Å². The van der Waals surface area contributed by atoms with Crippen molar-refractivity contribution in [2.45, 2.75) is 52.1 Å². The lowest BCUT2D eigenvalue weighted by Crippen LogP contribution is -2.32. The second-order valence-corrected chi connectivity index (χ2v) is 5.37. The van der Waals surface area contributed by atoms with Crippen LogP contribution in [0.15, 0.2) is 10.5 Å². The number of nitrogens with one attached hydrogen (secondary N) is 1. The molecule has 1 saturated carbocycles. The van der Waals surface area contributed by atoms with Crippen LogP contribution in [0.25, 0.3) is 0 Å². The fourth-order valence-electron chi connectivity index (χ4n) is 2.56. The van der Waals surface area contributed by atoms with Gasteiger partial charge in [-0.15, -0.1) is 0 Å². The third-order valence-corrected chi connectivity index (χ3v) is 3.74. The molecule has 4 nitrogen and oxygen atoms in total. The topological polar surface area (TPSA) is 62.5 Å². The van der Waals surface area contributed by atoms with Crippen LogP contribution in [-0.2, 0) is 6.54 Å². The number of aryl methyl sites for hydroxylation is 1. The summed E-state index contributed by atoms with van der Waals surface area (Å²) in [6.07, 6.45) is 4.95. The first kappa shape index (κ1) is 13.1. The molecule has 1 fully saturated rings. The average molecular weight is 251 g/mol. The summed E-state index contributed by atoms with van der Waals surface area (Å²) in [6.45, 7) is 4.68. The van der Waals surface area contributed by atoms with Crippen molar-refractivity contribution < 1.29 is 14.3 Å². The summed E-state index contributed by atoms with van der Waals surface area (Å²) >= 11 is 0. The molecule has 0 unspecified atom stereocenters. The highest BCUT2D eigenvalue weighted by atomic mass is 16.4. The minimum atomic E-state index is -0.995. The molecule has 1 aliphatic carbocycles. The minimum Gasteiger partial charge on any atom is -0.475 e. The molecule has 0 amide bonds. The van der Waals surface area contributed by atoms with Crippen molar-refractivity contribution in [3.05, 3.63) is 23.2 Å². The third kappa shape index (κ3) is 3.13. The van der Waals surface area contributed by atoms with Crippen LogP contribution < -0.4 is 5.32 Å². The molecule has 2 rings (SSSR count). The normalized spacial score (nSPS) is 24.1. The van der Waals surface area contributed by atoms with E-state index in [1.807, 2.05) is 6.07 Å². The van der Waals surface area contributed by atoms with Crippen molar-refractivity contribution >= 4 is 5.97 Å². The van der Waals surface area contributed by atoms with E-state index in [9.17, 15) is 4.79 Å². The fraction of sp³-hybridized carbons (Fsp3) is 0.643. The van der Waals surface area contributed by atoms with E-state index in [2.05, 4.69) is 12.2 Å². The highest BCUT2D eigenvalue weighted by molar-refractivity contribution is 5.86. The first-order valence-electron chi connectivity index (χ1n) is 6.62. The molecule has 1 aliphatic rings. The Bertz CT molecular complexity index is 417. The largest absolute Gasteiger partial charge is 0.475 e. The van der Waals surface area contributed by atoms with Gasteiger partial charge in [0.25, 0.3) is 0 Å². The van der Waals surface area contributed by atoms with Gasteiger partial charge in [-0.1, -0.05) is 6.92 Å². The van der Waals surface area contributed by atoms with Crippen LogP contribution in [0.3, 0.4) is 0 Å². The molecule has 2 N–H and O–H groups in total. The molecular formula is C14H21NO3. The van der Waals surface area contributed by atoms with Crippen LogP contribution in [0, 0.1) is 12.8 Å². The van der Waals surface area contributed by atoms with E-state index in [0.29, 0.717) is 23.9 Å². The summed E-state index contributed by atoms with van der Waals surface area (Å²) in [5.41, 5.74) is 0.691. The van der Waals surface area contributed by atoms with Crippen LogP contribution in [0.1, 0.15) is 54.5 Å². The number of aromatic carboxylic acids is 1. The van der Waals surface area contributed by atoms with Gasteiger partial charge in [0.1, 0.15) is 5.76 Å². The van der Waals surface area contributed by atoms with Crippen LogP contribution >= 0.6 is 0 Å². The molecule has 18 heavy (non-hydrogen) atoms. The molecule has 0 aromatic carbocycles. The fourth-order valence-corrected chi connectivity index (χ4v) is 2.56. The van der Waals surface area contributed by atoms with Gasteiger partial charge in [0.2, 0.25) is 5.76 Å². The molecule has 0 aliphatic heterocycles. The van der Waals surface area contributed by atoms with Crippen molar-refractivity contribution in [1.29, 1.82) is 0 Å². The predicted molar refractivity (Wildman–Crippen MR) is 68.7 cm³/mol. The van der Waals surface area contributed by atoms with Gasteiger partial charge in [0, 0.05) is 11.6 Å². The number of rotatable bonds is 4. The van der Waals surface area contributed by atoms with Gasteiger partial charge in [-0.2, -0.15) is 0 Å². The second-order valence-electron chi connectivity index (χ2n) is 5.37. The Morgan fingerprint density at radius 1 is 1.44 bits per heavy atom. The summed E-state index contributed by atoms with van der Waals surface area (Å²) in [4.78, 5) is 10.9. The monoisotopic (exact) mass is 251 g/mol. The van der Waals surface area contributed by atoms with Crippen molar-refractivity contribution in [3.63, 3.8) is 0 Å². The van der Waals surface area contributed by atoms with Crippen LogP contribution in [0.5, 0.6) is 0 Å². The summed E-state index contributed by atoms with van der Waals surface area (Å²) in [7, 11) is 0. The molecule has 0 bridgehead atoms. The zero-order chi connectivity index (χ0) is 13.1. The van der Waals surface area contributed by atoms with Crippen molar-refractivity contribution in [1.82, 2.24) is 5.32 Å². The molecule has 100 valence electrons. The van der Waals surface area contributed by atoms with Crippen molar-refractivity contribution in [2.24, 2.45) is 5.92 Å². The zero-order valence-corrected chi connectivity index (χ0v) is 11.0. The Morgan fingerprint density at radius 3 is 2.67 bits per heavy atom. The molecule has 1 aromatic rings. The highest BCUT2D eigenvalue weighted by Crippen LogP contribution is 2.24. The summed E-state index contributed by atoms with van der Waals surface area (Å²) in [5.74, 6) is 0.616. The Hall–Kier alpha value is -1.29. The van der Waals surface area contributed by atoms with Gasteiger partial charge in [-0.3, -0.25) is 0 Å². The van der Waals surface area contributed by atoms with Gasteiger partial charge in [0.15, 0.2) is 0 Å². The first-order chi connectivity index (χ1) is 8.56. The number of hydrogen-bond acceptors (Lipinski definition) is 3. The van der Waals surface area contributed by atoms with E-state index in [0.717, 1.165) is 5.92 Å². The van der Waals surface area contributed by atoms with E-state index in [-0.39, 0.29) is 5.76 Å². The average Bonchev–Trinajstić information content (AvgIpc) is 2.70. The SMILES string of the molecule is Cc1cc(CNC2CCC(C)CC2)oc1C(=O)O. The van der Waals surface area contributed by atoms with Crippen LogP contribution in [0.4, 0.5) is 0 Å². The molecule has 1 heterocycles. The molecule has 0 saturated heterocycles. The zero-order valence-electron chi connectivity index (χ0n) is 11.0. The maximum Gasteiger partial charge on any atom is 0.372 e. The lowest BCUT2D eigenvalue weighted by Gasteiger charge is -2.26. The van der Waals surface area contributed by atoms with Crippen molar-refractivity contribution in [2.75, 3.05) is 0 Å². The van der Waals surface area contributed by atoms with Gasteiger partial charge in [-0.05, 0) is 44.6 Å². The molecule has 0 radical (unpaired) electrons. The Kier molecular flexibility index (Phi) is 4.07. The Morgan fingerprint density at radius 2 is 2.11 bits per heavy atom. The van der Waals surface area contributed by atoms with Crippen LogP contribution in [0.2, 0.25) is 0 Å². The van der Waals surface area contributed by atoms with Gasteiger partial charge in [-0.25, -0.2) is 4.79 Å². The summed E-state index contributed by atoms with van der Waals surface area (Å²) in [6, 6.07) is 2.35. The van der Waals surface area contributed by atoms with E-state index >= 15 is 0 Å². The van der Waals surface area contributed by atoms with E-state index in [4.69, 9.17) is 9.52 Å². The van der Waals surface area contributed by atoms with E-state index < -0.39 is 5.97 Å². The Labute approximate surface area is 107 Å². The number of carbonyl (C=O) groups is 1. The molecule has 0 spiro atoms. The van der Waals surface area contributed by atoms with Gasteiger partial charge < -0.3 is 14.8 Å². The predicted octanol–water partition coefficient (Wildman–Crippen LogP) is 2.95. The van der Waals surface area contributed by atoms with Crippen LogP contribution in [-0.4, -0.2) is 17.1 Å². The molecule has 0 atom stereocenters. The smallest absolute Gasteiger partial charge is 0.372 e. The van der Waals surface area contributed by atoms with Gasteiger partial charge in [0.05, 0.1) is 6.54 Å². The molecular weight excluding hydrogens is 230 g/mol. The quantitative estimate of drug-likeness (QED) is 0.863. The highest BCUT2D eigenvalue weighted by Gasteiger charge is 2.19. The maximum atomic E-state index is 10.9. The number of carboxylic acid groups (broad SMARTS) is 1. The van der Waals surface area contributed by atoms with E-state index in [1.165, 1.54) is 25.7 Å². The van der Waals surface area contributed by atoms with Crippen molar-refractivity contribution in [3.8, 4) is 0 Å². The number of hydrogen-bond donors (Lipinski definition) is 2. The number of furan rings is 1. The third-order valence-electron chi connectivity index (χ3n) is 3.74. The molecule has 4 heteroatoms. The lowest BCUT2D eigenvalue weighted by atomic mass is 9.87. The lowest BCUT2D eigenvalue weighted by molar-refractivity contribution is 0.0659. The Balaban J connectivity index is 1.86. The standard InChI is InChI=1S/C14H21NO3/c1-9-3-5-11(6-4-9)15-8-12-7-10(2)13(18-12)14(16)17/h7,9,11,15H,3-6,8H2,1-2H3,(H,16,17). The van der Waals surface area contributed by atoms with E-state index in [1.54, 1.807) is 6.92 Å².